The normalized spacial score (nSPS) is 12.0. The molecule has 0 aliphatic heterocycles. The molecule has 102 valence electrons. The van der Waals surface area contributed by atoms with Gasteiger partial charge in [-0.3, -0.25) is 0 Å². The summed E-state index contributed by atoms with van der Waals surface area (Å²) in [5.74, 6) is 0.564. The summed E-state index contributed by atoms with van der Waals surface area (Å²) in [6.07, 6.45) is 0. The molecule has 2 aromatic rings. The quantitative estimate of drug-likeness (QED) is 0.904. The van der Waals surface area contributed by atoms with E-state index in [9.17, 15) is 8.42 Å². The lowest BCUT2D eigenvalue weighted by Crippen LogP contribution is -2.22. The fourth-order valence-corrected chi connectivity index (χ4v) is 2.45. The van der Waals surface area contributed by atoms with Crippen molar-refractivity contribution in [3.05, 3.63) is 36.0 Å². The van der Waals surface area contributed by atoms with Crippen LogP contribution in [0.25, 0.3) is 11.3 Å². The van der Waals surface area contributed by atoms with Crippen molar-refractivity contribution >= 4 is 10.0 Å². The van der Waals surface area contributed by atoms with Crippen LogP contribution in [0.3, 0.4) is 0 Å². The minimum absolute atomic E-state index is 0.236. The third kappa shape index (κ3) is 2.67. The van der Waals surface area contributed by atoms with Gasteiger partial charge in [0.25, 0.3) is 0 Å². The largest absolute Gasteiger partial charge is 0.356 e. The van der Waals surface area contributed by atoms with Crippen molar-refractivity contribution in [1.29, 1.82) is 0 Å². The van der Waals surface area contributed by atoms with Crippen molar-refractivity contribution < 1.29 is 12.9 Å². The van der Waals surface area contributed by atoms with Crippen molar-refractivity contribution in [2.45, 2.75) is 11.4 Å². The van der Waals surface area contributed by atoms with Gasteiger partial charge in [-0.15, -0.1) is 0 Å². The summed E-state index contributed by atoms with van der Waals surface area (Å²) in [6, 6.07) is 8.16. The maximum absolute atomic E-state index is 11.9. The molecule has 2 rings (SSSR count). The first-order valence-corrected chi connectivity index (χ1v) is 7.08. The lowest BCUT2D eigenvalue weighted by molar-refractivity contribution is 0.424. The molecule has 6 nitrogen and oxygen atoms in total. The average molecular weight is 281 g/mol. The molecule has 1 heterocycles. The Balaban J connectivity index is 2.33. The van der Waals surface area contributed by atoms with Gasteiger partial charge in [0.1, 0.15) is 0 Å². The molecule has 0 aliphatic rings. The third-order valence-electron chi connectivity index (χ3n) is 2.69. The molecule has 0 fully saturated rings. The molecule has 0 spiro atoms. The lowest BCUT2D eigenvalue weighted by Gasteiger charge is -2.11. The number of benzene rings is 1. The highest BCUT2D eigenvalue weighted by molar-refractivity contribution is 7.89. The second-order valence-electron chi connectivity index (χ2n) is 4.20. The monoisotopic (exact) mass is 281 g/mol. The first-order chi connectivity index (χ1) is 8.95. The third-order valence-corrected chi connectivity index (χ3v) is 4.51. The number of sulfonamides is 1. The molecule has 0 unspecified atom stereocenters. The van der Waals surface area contributed by atoms with Gasteiger partial charge in [-0.2, -0.15) is 0 Å². The Morgan fingerprint density at radius 1 is 1.26 bits per heavy atom. The molecule has 0 amide bonds. The van der Waals surface area contributed by atoms with Gasteiger partial charge < -0.3 is 10.3 Å². The van der Waals surface area contributed by atoms with E-state index in [4.69, 9.17) is 10.3 Å². The van der Waals surface area contributed by atoms with Crippen molar-refractivity contribution in [3.8, 4) is 11.3 Å². The fraction of sp³-hybridized carbons (Fsp3) is 0.250. The highest BCUT2D eigenvalue weighted by Gasteiger charge is 2.17. The predicted molar refractivity (Wildman–Crippen MR) is 70.7 cm³/mol. The Bertz CT molecular complexity index is 660. The van der Waals surface area contributed by atoms with Gasteiger partial charge >= 0.3 is 0 Å². The van der Waals surface area contributed by atoms with Crippen LogP contribution in [0, 0.1) is 0 Å². The van der Waals surface area contributed by atoms with Crippen LogP contribution in [0.5, 0.6) is 0 Å². The van der Waals surface area contributed by atoms with E-state index in [1.807, 2.05) is 0 Å². The number of nitrogens with two attached hydrogens (primary N) is 1. The predicted octanol–water partition coefficient (Wildman–Crippen LogP) is 1.05. The number of rotatable bonds is 4. The van der Waals surface area contributed by atoms with Crippen molar-refractivity contribution in [2.75, 3.05) is 14.1 Å². The van der Waals surface area contributed by atoms with Crippen LogP contribution in [0.4, 0.5) is 0 Å². The number of nitrogens with zero attached hydrogens (tertiary/aromatic N) is 2. The summed E-state index contributed by atoms with van der Waals surface area (Å²) < 4.78 is 30.1. The van der Waals surface area contributed by atoms with Gasteiger partial charge in [0.15, 0.2) is 5.76 Å². The molecule has 2 N–H and O–H groups in total. The summed E-state index contributed by atoms with van der Waals surface area (Å²) >= 11 is 0. The summed E-state index contributed by atoms with van der Waals surface area (Å²) in [5.41, 5.74) is 6.86. The summed E-state index contributed by atoms with van der Waals surface area (Å²) in [5, 5.41) is 3.78. The van der Waals surface area contributed by atoms with Crippen molar-refractivity contribution in [3.63, 3.8) is 0 Å². The summed E-state index contributed by atoms with van der Waals surface area (Å²) in [4.78, 5) is 0.236. The van der Waals surface area contributed by atoms with Gasteiger partial charge in [0.05, 0.1) is 10.6 Å². The number of hydrogen-bond donors (Lipinski definition) is 1. The minimum Gasteiger partial charge on any atom is -0.356 e. The molecule has 19 heavy (non-hydrogen) atoms. The van der Waals surface area contributed by atoms with Crippen molar-refractivity contribution in [1.82, 2.24) is 9.46 Å². The van der Waals surface area contributed by atoms with Gasteiger partial charge in [0.2, 0.25) is 10.0 Å². The van der Waals surface area contributed by atoms with Crippen LogP contribution in [-0.4, -0.2) is 32.0 Å². The van der Waals surface area contributed by atoms with E-state index in [1.54, 1.807) is 18.2 Å². The first-order valence-electron chi connectivity index (χ1n) is 5.64. The zero-order valence-corrected chi connectivity index (χ0v) is 11.5. The van der Waals surface area contributed by atoms with Crippen molar-refractivity contribution in [2.24, 2.45) is 5.73 Å². The van der Waals surface area contributed by atoms with Gasteiger partial charge in [-0.05, 0) is 24.3 Å². The van der Waals surface area contributed by atoms with E-state index in [1.165, 1.54) is 30.5 Å². The van der Waals surface area contributed by atoms with Crippen LogP contribution >= 0.6 is 0 Å². The maximum atomic E-state index is 11.9. The second-order valence-corrected chi connectivity index (χ2v) is 6.35. The van der Waals surface area contributed by atoms with E-state index in [0.717, 1.165) is 5.56 Å². The van der Waals surface area contributed by atoms with E-state index in [0.29, 0.717) is 18.0 Å². The van der Waals surface area contributed by atoms with E-state index in [-0.39, 0.29) is 4.90 Å². The fourth-order valence-electron chi connectivity index (χ4n) is 1.55. The van der Waals surface area contributed by atoms with Crippen LogP contribution in [0.2, 0.25) is 0 Å². The molecule has 0 saturated carbocycles. The molecular formula is C12H15N3O3S. The Kier molecular flexibility index (Phi) is 3.70. The summed E-state index contributed by atoms with van der Waals surface area (Å²) in [7, 11) is -0.422. The zero-order chi connectivity index (χ0) is 14.0. The van der Waals surface area contributed by atoms with Gasteiger partial charge in [-0.25, -0.2) is 12.7 Å². The highest BCUT2D eigenvalue weighted by Crippen LogP contribution is 2.22. The molecule has 0 aliphatic carbocycles. The Morgan fingerprint density at radius 2 is 1.89 bits per heavy atom. The standard InChI is InChI=1S/C12H15N3O3S/c1-15(2)19(16,17)11-5-3-9(4-6-11)12-7-10(8-13)14-18-12/h3-7H,8,13H2,1-2H3. The molecule has 7 heteroatoms. The average Bonchev–Trinajstić information content (AvgIpc) is 2.87. The topological polar surface area (TPSA) is 89.4 Å². The summed E-state index contributed by atoms with van der Waals surface area (Å²) in [6.45, 7) is 0.302. The number of hydrogen-bond acceptors (Lipinski definition) is 5. The maximum Gasteiger partial charge on any atom is 0.242 e. The Morgan fingerprint density at radius 3 is 2.37 bits per heavy atom. The molecular weight excluding hydrogens is 266 g/mol. The molecule has 0 atom stereocenters. The van der Waals surface area contributed by atoms with E-state index < -0.39 is 10.0 Å². The molecule has 1 aromatic carbocycles. The van der Waals surface area contributed by atoms with Crippen LogP contribution in [0.15, 0.2) is 39.8 Å². The first kappa shape index (κ1) is 13.7. The minimum atomic E-state index is -3.41. The highest BCUT2D eigenvalue weighted by atomic mass is 32.2. The number of aromatic nitrogens is 1. The van der Waals surface area contributed by atoms with Gasteiger partial charge in [-0.1, -0.05) is 5.16 Å². The Labute approximate surface area is 111 Å². The molecule has 0 saturated heterocycles. The molecule has 0 radical (unpaired) electrons. The zero-order valence-electron chi connectivity index (χ0n) is 10.7. The van der Waals surface area contributed by atoms with Gasteiger partial charge in [0, 0.05) is 32.3 Å². The molecule has 0 bridgehead atoms. The second kappa shape index (κ2) is 5.12. The smallest absolute Gasteiger partial charge is 0.242 e. The SMILES string of the molecule is CN(C)S(=O)(=O)c1ccc(-c2cc(CN)no2)cc1. The van der Waals surface area contributed by atoms with Crippen LogP contribution in [0.1, 0.15) is 5.69 Å². The lowest BCUT2D eigenvalue weighted by atomic mass is 10.1. The van der Waals surface area contributed by atoms with E-state index >= 15 is 0 Å². The Hall–Kier alpha value is -1.70. The van der Waals surface area contributed by atoms with Crippen LogP contribution in [-0.2, 0) is 16.6 Å². The molecule has 1 aromatic heterocycles. The van der Waals surface area contributed by atoms with E-state index in [2.05, 4.69) is 5.16 Å². The van der Waals surface area contributed by atoms with Crippen LogP contribution < -0.4 is 5.73 Å².